The zero-order chi connectivity index (χ0) is 13.0. The molecule has 4 heteroatoms. The van der Waals surface area contributed by atoms with E-state index in [-0.39, 0.29) is 13.2 Å². The van der Waals surface area contributed by atoms with Crippen molar-refractivity contribution in [2.24, 2.45) is 0 Å². The van der Waals surface area contributed by atoms with E-state index in [2.05, 4.69) is 4.98 Å². The molecule has 2 rings (SSSR count). The average Bonchev–Trinajstić information content (AvgIpc) is 2.46. The van der Waals surface area contributed by atoms with E-state index in [0.29, 0.717) is 22.4 Å². The van der Waals surface area contributed by atoms with E-state index in [9.17, 15) is 15.3 Å². The van der Waals surface area contributed by atoms with Gasteiger partial charge in [-0.1, -0.05) is 24.3 Å². The summed E-state index contributed by atoms with van der Waals surface area (Å²) < 4.78 is 0. The highest BCUT2D eigenvalue weighted by molar-refractivity contribution is 5.39. The van der Waals surface area contributed by atoms with Gasteiger partial charge in [0.25, 0.3) is 0 Å². The van der Waals surface area contributed by atoms with E-state index in [1.807, 2.05) is 0 Å². The SMILES string of the molecule is OCc1cccc(CO)c1C(O)c1ccccn1. The second-order valence-electron chi connectivity index (χ2n) is 3.96. The first-order valence-corrected chi connectivity index (χ1v) is 5.69. The van der Waals surface area contributed by atoms with Gasteiger partial charge < -0.3 is 15.3 Å². The molecule has 0 saturated heterocycles. The van der Waals surface area contributed by atoms with Gasteiger partial charge in [0.1, 0.15) is 6.10 Å². The van der Waals surface area contributed by atoms with Crippen LogP contribution in [0.5, 0.6) is 0 Å². The minimum Gasteiger partial charge on any atom is -0.392 e. The molecule has 0 aliphatic heterocycles. The number of pyridine rings is 1. The zero-order valence-electron chi connectivity index (χ0n) is 9.82. The van der Waals surface area contributed by atoms with Gasteiger partial charge in [-0.3, -0.25) is 4.98 Å². The van der Waals surface area contributed by atoms with E-state index < -0.39 is 6.10 Å². The molecule has 0 aliphatic rings. The van der Waals surface area contributed by atoms with Crippen molar-refractivity contribution in [1.29, 1.82) is 0 Å². The van der Waals surface area contributed by atoms with E-state index in [1.165, 1.54) is 0 Å². The molecule has 0 saturated carbocycles. The quantitative estimate of drug-likeness (QED) is 0.755. The lowest BCUT2D eigenvalue weighted by Gasteiger charge is -2.17. The number of hydrogen-bond acceptors (Lipinski definition) is 4. The van der Waals surface area contributed by atoms with Crippen LogP contribution in [0.25, 0.3) is 0 Å². The average molecular weight is 245 g/mol. The molecule has 0 bridgehead atoms. The first-order valence-electron chi connectivity index (χ1n) is 5.69. The normalized spacial score (nSPS) is 12.4. The molecule has 1 atom stereocenters. The summed E-state index contributed by atoms with van der Waals surface area (Å²) in [6.07, 6.45) is 0.648. The Kier molecular flexibility index (Phi) is 4.04. The van der Waals surface area contributed by atoms with Crippen LogP contribution in [0, 0.1) is 0 Å². The lowest BCUT2D eigenvalue weighted by Crippen LogP contribution is -2.09. The highest BCUT2D eigenvalue weighted by Gasteiger charge is 2.18. The molecule has 1 aromatic heterocycles. The summed E-state index contributed by atoms with van der Waals surface area (Å²) in [6.45, 7) is -0.375. The summed E-state index contributed by atoms with van der Waals surface area (Å²) in [5.74, 6) is 0. The molecule has 18 heavy (non-hydrogen) atoms. The van der Waals surface area contributed by atoms with Crippen LogP contribution in [0.1, 0.15) is 28.5 Å². The molecule has 1 aromatic carbocycles. The fourth-order valence-electron chi connectivity index (χ4n) is 1.98. The maximum absolute atomic E-state index is 10.3. The van der Waals surface area contributed by atoms with Crippen LogP contribution in [-0.4, -0.2) is 20.3 Å². The fourth-order valence-corrected chi connectivity index (χ4v) is 1.98. The van der Waals surface area contributed by atoms with Crippen molar-refractivity contribution >= 4 is 0 Å². The Balaban J connectivity index is 2.49. The van der Waals surface area contributed by atoms with Crippen LogP contribution < -0.4 is 0 Å². The zero-order valence-corrected chi connectivity index (χ0v) is 9.82. The highest BCUT2D eigenvalue weighted by Crippen LogP contribution is 2.27. The van der Waals surface area contributed by atoms with Crippen LogP contribution in [0.3, 0.4) is 0 Å². The first-order chi connectivity index (χ1) is 8.77. The standard InChI is InChI=1S/C14H15NO3/c16-8-10-4-3-5-11(9-17)13(10)14(18)12-6-1-2-7-15-12/h1-7,14,16-18H,8-9H2. The number of aliphatic hydroxyl groups excluding tert-OH is 3. The molecule has 2 aromatic rings. The molecule has 3 N–H and O–H groups in total. The minimum atomic E-state index is -0.948. The molecular weight excluding hydrogens is 230 g/mol. The van der Waals surface area contributed by atoms with E-state index >= 15 is 0 Å². The third-order valence-corrected chi connectivity index (χ3v) is 2.87. The van der Waals surface area contributed by atoms with Gasteiger partial charge in [-0.25, -0.2) is 0 Å². The maximum Gasteiger partial charge on any atom is 0.122 e. The minimum absolute atomic E-state index is 0.187. The molecule has 0 amide bonds. The Labute approximate surface area is 105 Å². The molecule has 0 radical (unpaired) electrons. The molecule has 0 fully saturated rings. The molecule has 4 nitrogen and oxygen atoms in total. The van der Waals surface area contributed by atoms with Crippen molar-refractivity contribution in [1.82, 2.24) is 4.98 Å². The van der Waals surface area contributed by atoms with Crippen molar-refractivity contribution in [3.63, 3.8) is 0 Å². The van der Waals surface area contributed by atoms with Crippen molar-refractivity contribution in [2.75, 3.05) is 0 Å². The van der Waals surface area contributed by atoms with Gasteiger partial charge >= 0.3 is 0 Å². The molecular formula is C14H15NO3. The Morgan fingerprint density at radius 2 is 1.61 bits per heavy atom. The van der Waals surface area contributed by atoms with Gasteiger partial charge in [-0.2, -0.15) is 0 Å². The van der Waals surface area contributed by atoms with Crippen molar-refractivity contribution in [3.8, 4) is 0 Å². The smallest absolute Gasteiger partial charge is 0.122 e. The Bertz CT molecular complexity index is 491. The van der Waals surface area contributed by atoms with Crippen LogP contribution in [0.15, 0.2) is 42.6 Å². The second-order valence-corrected chi connectivity index (χ2v) is 3.96. The van der Waals surface area contributed by atoms with Gasteiger partial charge in [0.15, 0.2) is 0 Å². The van der Waals surface area contributed by atoms with Gasteiger partial charge in [-0.05, 0) is 28.8 Å². The fraction of sp³-hybridized carbons (Fsp3) is 0.214. The topological polar surface area (TPSA) is 73.6 Å². The van der Waals surface area contributed by atoms with Crippen molar-refractivity contribution in [3.05, 3.63) is 65.0 Å². The van der Waals surface area contributed by atoms with Gasteiger partial charge in [-0.15, -0.1) is 0 Å². The molecule has 94 valence electrons. The predicted molar refractivity (Wildman–Crippen MR) is 66.6 cm³/mol. The van der Waals surface area contributed by atoms with Crippen LogP contribution >= 0.6 is 0 Å². The molecule has 0 spiro atoms. The predicted octanol–water partition coefficient (Wildman–Crippen LogP) is 1.15. The lowest BCUT2D eigenvalue weighted by molar-refractivity contribution is 0.201. The highest BCUT2D eigenvalue weighted by atomic mass is 16.3. The van der Waals surface area contributed by atoms with Gasteiger partial charge in [0.2, 0.25) is 0 Å². The third-order valence-electron chi connectivity index (χ3n) is 2.87. The summed E-state index contributed by atoms with van der Waals surface area (Å²) in [4.78, 5) is 4.09. The number of aliphatic hydroxyl groups is 3. The van der Waals surface area contributed by atoms with Gasteiger partial charge in [0, 0.05) is 6.20 Å². The molecule has 1 unspecified atom stereocenters. The largest absolute Gasteiger partial charge is 0.392 e. The summed E-state index contributed by atoms with van der Waals surface area (Å²) in [5.41, 5.74) is 2.22. The number of nitrogens with zero attached hydrogens (tertiary/aromatic N) is 1. The van der Waals surface area contributed by atoms with E-state index in [4.69, 9.17) is 0 Å². The Morgan fingerprint density at radius 3 is 2.11 bits per heavy atom. The van der Waals surface area contributed by atoms with Crippen LogP contribution in [0.2, 0.25) is 0 Å². The number of benzene rings is 1. The molecule has 0 aliphatic carbocycles. The number of hydrogen-bond donors (Lipinski definition) is 3. The second kappa shape index (κ2) is 5.73. The summed E-state index contributed by atoms with van der Waals surface area (Å²) in [7, 11) is 0. The Hall–Kier alpha value is -1.75. The van der Waals surface area contributed by atoms with Crippen molar-refractivity contribution in [2.45, 2.75) is 19.3 Å². The summed E-state index contributed by atoms with van der Waals surface area (Å²) in [6, 6.07) is 10.4. The molecule has 1 heterocycles. The third kappa shape index (κ3) is 2.41. The van der Waals surface area contributed by atoms with E-state index in [0.717, 1.165) is 0 Å². The van der Waals surface area contributed by atoms with E-state index in [1.54, 1.807) is 42.6 Å². The first kappa shape index (κ1) is 12.7. The van der Waals surface area contributed by atoms with Crippen LogP contribution in [-0.2, 0) is 13.2 Å². The number of rotatable bonds is 4. The maximum atomic E-state index is 10.3. The summed E-state index contributed by atoms with van der Waals surface area (Å²) in [5, 5.41) is 29.0. The lowest BCUT2D eigenvalue weighted by atomic mass is 9.95. The van der Waals surface area contributed by atoms with Gasteiger partial charge in [0.05, 0.1) is 18.9 Å². The van der Waals surface area contributed by atoms with Crippen LogP contribution in [0.4, 0.5) is 0 Å². The monoisotopic (exact) mass is 245 g/mol. The summed E-state index contributed by atoms with van der Waals surface area (Å²) >= 11 is 0. The number of aromatic nitrogens is 1. The van der Waals surface area contributed by atoms with Crippen molar-refractivity contribution < 1.29 is 15.3 Å². The Morgan fingerprint density at radius 1 is 0.944 bits per heavy atom.